The fourth-order valence-electron chi connectivity index (χ4n) is 5.21. The third-order valence-corrected chi connectivity index (χ3v) is 7.49. The lowest BCUT2D eigenvalue weighted by molar-refractivity contribution is 0.0640. The van der Waals surface area contributed by atoms with Crippen LogP contribution in [-0.4, -0.2) is 40.3 Å². The Kier molecular flexibility index (Phi) is 6.09. The van der Waals surface area contributed by atoms with E-state index in [9.17, 15) is 9.59 Å². The number of hydrogen-bond donors (Lipinski definition) is 1. The molecular formula is C27H27N3O2S. The first kappa shape index (κ1) is 21.6. The normalized spacial score (nSPS) is 19.4. The minimum atomic E-state index is -0.0573. The van der Waals surface area contributed by atoms with Crippen molar-refractivity contribution in [3.05, 3.63) is 93.4 Å². The molecule has 2 saturated heterocycles. The van der Waals surface area contributed by atoms with E-state index >= 15 is 0 Å². The van der Waals surface area contributed by atoms with Crippen LogP contribution in [0.15, 0.2) is 71.9 Å². The number of nitrogens with zero attached hydrogens (tertiary/aromatic N) is 2. The topological polar surface area (TPSA) is 62.3 Å². The molecule has 5 nitrogen and oxygen atoms in total. The van der Waals surface area contributed by atoms with Gasteiger partial charge in [0.05, 0.1) is 4.88 Å². The van der Waals surface area contributed by atoms with E-state index in [1.54, 1.807) is 6.20 Å². The van der Waals surface area contributed by atoms with E-state index in [1.807, 2.05) is 61.0 Å². The summed E-state index contributed by atoms with van der Waals surface area (Å²) in [6, 6.07) is 16.2. The third kappa shape index (κ3) is 4.23. The van der Waals surface area contributed by atoms with Gasteiger partial charge >= 0.3 is 0 Å². The average Bonchev–Trinajstić information content (AvgIpc) is 3.47. The second-order valence-electron chi connectivity index (χ2n) is 8.64. The van der Waals surface area contributed by atoms with Crippen LogP contribution in [0.5, 0.6) is 0 Å². The van der Waals surface area contributed by atoms with Crippen molar-refractivity contribution in [1.82, 2.24) is 15.2 Å². The lowest BCUT2D eigenvalue weighted by atomic mass is 9.86. The molecule has 6 heteroatoms. The Morgan fingerprint density at radius 1 is 1.00 bits per heavy atom. The summed E-state index contributed by atoms with van der Waals surface area (Å²) in [7, 11) is 0. The van der Waals surface area contributed by atoms with Crippen LogP contribution in [-0.2, 0) is 0 Å². The summed E-state index contributed by atoms with van der Waals surface area (Å²) in [6.07, 6.45) is 7.52. The number of carbonyl (C=O) groups excluding carboxylic acids is 2. The number of benzene rings is 1. The fourth-order valence-corrected chi connectivity index (χ4v) is 5.88. The first-order valence-corrected chi connectivity index (χ1v) is 12.4. The van der Waals surface area contributed by atoms with Crippen molar-refractivity contribution in [2.24, 2.45) is 0 Å². The Bertz CT molecular complexity index is 1150. The first-order valence-electron chi connectivity index (χ1n) is 11.5. The number of aromatic nitrogens is 1. The Balaban J connectivity index is 1.50. The third-order valence-electron chi connectivity index (χ3n) is 6.63. The van der Waals surface area contributed by atoms with Gasteiger partial charge in [-0.3, -0.25) is 14.6 Å². The Hall–Kier alpha value is -3.25. The molecule has 168 valence electrons. The zero-order valence-corrected chi connectivity index (χ0v) is 19.5. The van der Waals surface area contributed by atoms with Crippen molar-refractivity contribution in [3.63, 3.8) is 0 Å². The van der Waals surface area contributed by atoms with Gasteiger partial charge in [0.2, 0.25) is 0 Å². The minimum absolute atomic E-state index is 0.0573. The fraction of sp³-hybridized carbons (Fsp3) is 0.296. The van der Waals surface area contributed by atoms with E-state index in [0.717, 1.165) is 41.7 Å². The number of thiophene rings is 1. The molecule has 2 bridgehead atoms. The summed E-state index contributed by atoms with van der Waals surface area (Å²) in [6.45, 7) is 2.52. The number of rotatable bonds is 5. The Morgan fingerprint density at radius 3 is 2.33 bits per heavy atom. The number of nitrogens with one attached hydrogen (secondary N) is 1. The zero-order valence-electron chi connectivity index (χ0n) is 18.7. The van der Waals surface area contributed by atoms with Crippen molar-refractivity contribution in [1.29, 1.82) is 0 Å². The number of fused-ring (bicyclic) bond motifs is 2. The molecule has 2 aromatic heterocycles. The predicted octanol–water partition coefficient (Wildman–Crippen LogP) is 5.16. The van der Waals surface area contributed by atoms with Gasteiger partial charge in [-0.2, -0.15) is 0 Å². The van der Waals surface area contributed by atoms with Crippen molar-refractivity contribution < 1.29 is 9.59 Å². The number of hydrogen-bond acceptors (Lipinski definition) is 4. The highest BCUT2D eigenvalue weighted by atomic mass is 32.1. The highest BCUT2D eigenvalue weighted by Gasteiger charge is 2.42. The molecule has 2 fully saturated rings. The van der Waals surface area contributed by atoms with Gasteiger partial charge in [-0.15, -0.1) is 11.3 Å². The van der Waals surface area contributed by atoms with E-state index in [2.05, 4.69) is 21.3 Å². The summed E-state index contributed by atoms with van der Waals surface area (Å²) in [5, 5.41) is 4.82. The smallest absolute Gasteiger partial charge is 0.264 e. The number of amides is 2. The molecule has 2 aliphatic rings. The van der Waals surface area contributed by atoms with Gasteiger partial charge in [0.15, 0.2) is 0 Å². The van der Waals surface area contributed by atoms with Crippen LogP contribution >= 0.6 is 11.3 Å². The van der Waals surface area contributed by atoms with Gasteiger partial charge in [-0.05, 0) is 73.4 Å². The Labute approximate surface area is 198 Å². The molecule has 2 unspecified atom stereocenters. The van der Waals surface area contributed by atoms with Crippen LogP contribution in [0, 0.1) is 0 Å². The molecule has 0 radical (unpaired) electrons. The first-order chi connectivity index (χ1) is 16.2. The zero-order chi connectivity index (χ0) is 22.8. The van der Waals surface area contributed by atoms with Gasteiger partial charge in [0.1, 0.15) is 0 Å². The van der Waals surface area contributed by atoms with Crippen molar-refractivity contribution >= 4 is 28.7 Å². The molecule has 33 heavy (non-hydrogen) atoms. The van der Waals surface area contributed by atoms with E-state index < -0.39 is 0 Å². The quantitative estimate of drug-likeness (QED) is 0.576. The van der Waals surface area contributed by atoms with Crippen molar-refractivity contribution in [2.75, 3.05) is 6.54 Å². The lowest BCUT2D eigenvalue weighted by Crippen LogP contribution is -2.44. The van der Waals surface area contributed by atoms with Gasteiger partial charge in [-0.1, -0.05) is 29.8 Å². The number of pyridine rings is 1. The van der Waals surface area contributed by atoms with Crippen molar-refractivity contribution in [2.45, 2.75) is 44.7 Å². The molecule has 1 aromatic carbocycles. The van der Waals surface area contributed by atoms with E-state index in [4.69, 9.17) is 0 Å². The van der Waals surface area contributed by atoms with E-state index in [-0.39, 0.29) is 23.9 Å². The maximum Gasteiger partial charge on any atom is 0.264 e. The molecular weight excluding hydrogens is 430 g/mol. The van der Waals surface area contributed by atoms with Gasteiger partial charge in [-0.25, -0.2) is 0 Å². The standard InChI is InChI=1S/C27H27N3O2S/c1-2-29-26(31)19-9-7-18(8-10-19)25(20-5-3-13-28-17-20)21-15-22-11-12-23(16-21)30(22)27(32)24-6-4-14-33-24/h3-10,13-14,17,22-23H,2,11-12,15-16H2,1H3,(H,29,31). The summed E-state index contributed by atoms with van der Waals surface area (Å²) in [5.41, 5.74) is 5.38. The summed E-state index contributed by atoms with van der Waals surface area (Å²) in [4.78, 5) is 32.7. The molecule has 0 spiro atoms. The van der Waals surface area contributed by atoms with E-state index in [0.29, 0.717) is 12.1 Å². The summed E-state index contributed by atoms with van der Waals surface area (Å²) in [5.74, 6) is 0.115. The molecule has 2 atom stereocenters. The predicted molar refractivity (Wildman–Crippen MR) is 131 cm³/mol. The van der Waals surface area contributed by atoms with Crippen LogP contribution in [0.25, 0.3) is 5.57 Å². The largest absolute Gasteiger partial charge is 0.352 e. The maximum absolute atomic E-state index is 13.2. The molecule has 2 amide bonds. The molecule has 4 heterocycles. The molecule has 1 N–H and O–H groups in total. The van der Waals surface area contributed by atoms with E-state index in [1.165, 1.54) is 22.5 Å². The van der Waals surface area contributed by atoms with Crippen LogP contribution in [0.2, 0.25) is 0 Å². The minimum Gasteiger partial charge on any atom is -0.352 e. The maximum atomic E-state index is 13.2. The monoisotopic (exact) mass is 457 g/mol. The van der Waals surface area contributed by atoms with Crippen LogP contribution in [0.4, 0.5) is 0 Å². The van der Waals surface area contributed by atoms with Crippen LogP contribution in [0.3, 0.4) is 0 Å². The number of piperidine rings is 1. The lowest BCUT2D eigenvalue weighted by Gasteiger charge is -2.37. The SMILES string of the molecule is CCNC(=O)c1ccc(C(=C2CC3CCC(C2)N3C(=O)c2cccs2)c2cccnc2)cc1. The van der Waals surface area contributed by atoms with Crippen LogP contribution < -0.4 is 5.32 Å². The second kappa shape index (κ2) is 9.32. The highest BCUT2D eigenvalue weighted by molar-refractivity contribution is 7.12. The second-order valence-corrected chi connectivity index (χ2v) is 9.59. The summed E-state index contributed by atoms with van der Waals surface area (Å²) < 4.78 is 0. The summed E-state index contributed by atoms with van der Waals surface area (Å²) >= 11 is 1.52. The molecule has 0 aliphatic carbocycles. The van der Waals surface area contributed by atoms with Gasteiger partial charge in [0, 0.05) is 42.1 Å². The molecule has 3 aromatic rings. The average molecular weight is 458 g/mol. The number of carbonyl (C=O) groups is 2. The Morgan fingerprint density at radius 2 is 1.73 bits per heavy atom. The molecule has 5 rings (SSSR count). The van der Waals surface area contributed by atoms with Gasteiger partial charge < -0.3 is 10.2 Å². The van der Waals surface area contributed by atoms with Crippen molar-refractivity contribution in [3.8, 4) is 0 Å². The highest BCUT2D eigenvalue weighted by Crippen LogP contribution is 2.43. The van der Waals surface area contributed by atoms with Gasteiger partial charge in [0.25, 0.3) is 11.8 Å². The molecule has 2 aliphatic heterocycles. The van der Waals surface area contributed by atoms with Crippen LogP contribution in [0.1, 0.15) is 63.8 Å². The molecule has 0 saturated carbocycles.